The van der Waals surface area contributed by atoms with Crippen molar-refractivity contribution >= 4 is 11.3 Å². The molecule has 3 aromatic rings. The SMILES string of the molecule is Cc1ccc(C2OC(CO)C(O)C(O)C2O)cc1C(F)c1ccc(-c2ccc(F)cc2)s1. The molecule has 0 radical (unpaired) electrons. The topological polar surface area (TPSA) is 90.2 Å². The number of hydrogen-bond acceptors (Lipinski definition) is 6. The van der Waals surface area contributed by atoms with Crippen LogP contribution in [0.4, 0.5) is 8.78 Å². The molecule has 1 fully saturated rings. The summed E-state index contributed by atoms with van der Waals surface area (Å²) in [5.41, 5.74) is 2.30. The monoisotopic (exact) mass is 462 g/mol. The van der Waals surface area contributed by atoms with Crippen molar-refractivity contribution in [1.82, 2.24) is 0 Å². The Morgan fingerprint density at radius 2 is 1.69 bits per heavy atom. The molecular weight excluding hydrogens is 438 g/mol. The van der Waals surface area contributed by atoms with E-state index in [0.29, 0.717) is 21.6 Å². The standard InChI is InChI=1S/C24H24F2O5S/c1-12-2-3-14(24-23(30)22(29)21(28)17(11-27)31-24)10-16(12)20(26)19-9-8-18(32-19)13-4-6-15(25)7-5-13/h2-10,17,20-24,27-30H,11H2,1H3. The molecule has 4 rings (SSSR count). The summed E-state index contributed by atoms with van der Waals surface area (Å²) in [6.07, 6.45) is -7.92. The van der Waals surface area contributed by atoms with Crippen molar-refractivity contribution in [2.45, 2.75) is 43.6 Å². The van der Waals surface area contributed by atoms with E-state index in [-0.39, 0.29) is 5.82 Å². The molecule has 1 aromatic heterocycles. The zero-order valence-electron chi connectivity index (χ0n) is 17.2. The predicted octanol–water partition coefficient (Wildman–Crippen LogP) is 3.44. The zero-order valence-corrected chi connectivity index (χ0v) is 18.0. The highest BCUT2D eigenvalue weighted by atomic mass is 32.1. The third kappa shape index (κ3) is 4.34. The van der Waals surface area contributed by atoms with Crippen molar-refractivity contribution < 1.29 is 33.9 Å². The Bertz CT molecular complexity index is 1070. The number of hydrogen-bond donors (Lipinski definition) is 4. The van der Waals surface area contributed by atoms with Crippen molar-refractivity contribution in [3.05, 3.63) is 82.0 Å². The number of aryl methyl sites for hydroxylation is 1. The van der Waals surface area contributed by atoms with Crippen LogP contribution in [0, 0.1) is 12.7 Å². The van der Waals surface area contributed by atoms with Crippen LogP contribution in [0.2, 0.25) is 0 Å². The van der Waals surface area contributed by atoms with Gasteiger partial charge in [-0.15, -0.1) is 11.3 Å². The van der Waals surface area contributed by atoms with Crippen LogP contribution in [-0.4, -0.2) is 51.4 Å². The van der Waals surface area contributed by atoms with Gasteiger partial charge < -0.3 is 25.2 Å². The Hall–Kier alpha value is -2.20. The third-order valence-electron chi connectivity index (χ3n) is 5.80. The lowest BCUT2D eigenvalue weighted by atomic mass is 9.89. The van der Waals surface area contributed by atoms with E-state index in [4.69, 9.17) is 4.74 Å². The fourth-order valence-corrected chi connectivity index (χ4v) is 4.91. The summed E-state index contributed by atoms with van der Waals surface area (Å²) in [6.45, 7) is 1.24. The lowest BCUT2D eigenvalue weighted by Gasteiger charge is -2.40. The van der Waals surface area contributed by atoms with Crippen LogP contribution in [0.5, 0.6) is 0 Å². The van der Waals surface area contributed by atoms with E-state index in [0.717, 1.165) is 10.4 Å². The lowest BCUT2D eigenvalue weighted by Crippen LogP contribution is -2.55. The highest BCUT2D eigenvalue weighted by Gasteiger charge is 2.44. The van der Waals surface area contributed by atoms with Crippen molar-refractivity contribution in [2.24, 2.45) is 0 Å². The van der Waals surface area contributed by atoms with E-state index < -0.39 is 43.3 Å². The van der Waals surface area contributed by atoms with Gasteiger partial charge in [0.2, 0.25) is 0 Å². The average Bonchev–Trinajstić information content (AvgIpc) is 3.29. The fraction of sp³-hybridized carbons (Fsp3) is 0.333. The molecule has 0 saturated carbocycles. The van der Waals surface area contributed by atoms with E-state index in [1.54, 1.807) is 49.4 Å². The minimum absolute atomic E-state index is 0.338. The van der Waals surface area contributed by atoms with E-state index in [1.807, 2.05) is 0 Å². The largest absolute Gasteiger partial charge is 0.394 e. The normalized spacial score (nSPS) is 26.8. The number of aliphatic hydroxyl groups excluding tert-OH is 4. The Labute approximate surface area is 188 Å². The van der Waals surface area contributed by atoms with Crippen molar-refractivity contribution in [2.75, 3.05) is 6.61 Å². The summed E-state index contributed by atoms with van der Waals surface area (Å²) in [5.74, 6) is -0.338. The van der Waals surface area contributed by atoms with Gasteiger partial charge in [0.1, 0.15) is 36.3 Å². The molecule has 1 aliphatic rings. The van der Waals surface area contributed by atoms with Crippen LogP contribution < -0.4 is 0 Å². The zero-order chi connectivity index (χ0) is 23.0. The van der Waals surface area contributed by atoms with E-state index in [1.165, 1.54) is 23.5 Å². The van der Waals surface area contributed by atoms with Crippen molar-refractivity contribution in [3.63, 3.8) is 0 Å². The number of benzene rings is 2. The average molecular weight is 463 g/mol. The first-order valence-corrected chi connectivity index (χ1v) is 11.0. The molecule has 0 aliphatic carbocycles. The second kappa shape index (κ2) is 9.35. The maximum Gasteiger partial charge on any atom is 0.160 e. The van der Waals surface area contributed by atoms with Gasteiger partial charge in [-0.3, -0.25) is 0 Å². The smallest absolute Gasteiger partial charge is 0.160 e. The molecular formula is C24H24F2O5S. The molecule has 1 saturated heterocycles. The highest BCUT2D eigenvalue weighted by Crippen LogP contribution is 2.39. The number of halogens is 2. The molecule has 0 spiro atoms. The number of alkyl halides is 1. The first-order chi connectivity index (χ1) is 15.3. The fourth-order valence-electron chi connectivity index (χ4n) is 3.90. The van der Waals surface area contributed by atoms with Gasteiger partial charge in [0.05, 0.1) is 6.61 Å². The lowest BCUT2D eigenvalue weighted by molar-refractivity contribution is -0.231. The summed E-state index contributed by atoms with van der Waals surface area (Å²) in [5, 5.41) is 39.9. The molecule has 5 nitrogen and oxygen atoms in total. The molecule has 2 aromatic carbocycles. The van der Waals surface area contributed by atoms with E-state index in [9.17, 15) is 24.8 Å². The maximum absolute atomic E-state index is 15.6. The maximum atomic E-state index is 15.6. The van der Waals surface area contributed by atoms with Gasteiger partial charge in [-0.1, -0.05) is 24.3 Å². The second-order valence-corrected chi connectivity index (χ2v) is 9.05. The van der Waals surface area contributed by atoms with E-state index in [2.05, 4.69) is 0 Å². The summed E-state index contributed by atoms with van der Waals surface area (Å²) < 4.78 is 34.4. The van der Waals surface area contributed by atoms with Gasteiger partial charge >= 0.3 is 0 Å². The second-order valence-electron chi connectivity index (χ2n) is 7.94. The molecule has 2 heterocycles. The van der Waals surface area contributed by atoms with Gasteiger partial charge in [0, 0.05) is 9.75 Å². The van der Waals surface area contributed by atoms with Gasteiger partial charge in [-0.05, 0) is 59.5 Å². The van der Waals surface area contributed by atoms with Crippen LogP contribution in [0.15, 0.2) is 54.6 Å². The van der Waals surface area contributed by atoms with Crippen LogP contribution in [0.3, 0.4) is 0 Å². The van der Waals surface area contributed by atoms with Crippen molar-refractivity contribution in [3.8, 4) is 10.4 Å². The van der Waals surface area contributed by atoms with Crippen LogP contribution in [-0.2, 0) is 4.74 Å². The predicted molar refractivity (Wildman–Crippen MR) is 117 cm³/mol. The Morgan fingerprint density at radius 3 is 2.38 bits per heavy atom. The minimum Gasteiger partial charge on any atom is -0.394 e. The molecule has 1 aliphatic heterocycles. The number of thiophene rings is 1. The van der Waals surface area contributed by atoms with Crippen LogP contribution in [0.25, 0.3) is 10.4 Å². The van der Waals surface area contributed by atoms with Crippen LogP contribution >= 0.6 is 11.3 Å². The third-order valence-corrected chi connectivity index (χ3v) is 6.97. The minimum atomic E-state index is -1.51. The van der Waals surface area contributed by atoms with Gasteiger partial charge in [0.25, 0.3) is 0 Å². The first-order valence-electron chi connectivity index (χ1n) is 10.2. The highest BCUT2D eigenvalue weighted by molar-refractivity contribution is 7.15. The number of rotatable bonds is 5. The molecule has 0 amide bonds. The molecule has 4 N–H and O–H groups in total. The Kier molecular flexibility index (Phi) is 6.71. The number of ether oxygens (including phenoxy) is 1. The molecule has 6 atom stereocenters. The van der Waals surface area contributed by atoms with Crippen LogP contribution in [0.1, 0.15) is 33.8 Å². The van der Waals surface area contributed by atoms with Gasteiger partial charge in [-0.2, -0.15) is 0 Å². The Balaban J connectivity index is 1.62. The van der Waals surface area contributed by atoms with E-state index >= 15 is 4.39 Å². The quantitative estimate of drug-likeness (QED) is 0.467. The number of aliphatic hydroxyl groups is 4. The summed E-state index contributed by atoms with van der Waals surface area (Å²) in [4.78, 5) is 1.28. The molecule has 170 valence electrons. The Morgan fingerprint density at radius 1 is 0.969 bits per heavy atom. The summed E-state index contributed by atoms with van der Waals surface area (Å²) >= 11 is 1.27. The van der Waals surface area contributed by atoms with Crippen molar-refractivity contribution in [1.29, 1.82) is 0 Å². The molecule has 0 bridgehead atoms. The molecule has 32 heavy (non-hydrogen) atoms. The summed E-state index contributed by atoms with van der Waals surface area (Å²) in [7, 11) is 0. The first kappa shape index (κ1) is 23.0. The van der Waals surface area contributed by atoms with Gasteiger partial charge in [0.15, 0.2) is 6.17 Å². The summed E-state index contributed by atoms with van der Waals surface area (Å²) in [6, 6.07) is 14.4. The van der Waals surface area contributed by atoms with Gasteiger partial charge in [-0.25, -0.2) is 8.78 Å². The molecule has 6 unspecified atom stereocenters. The molecule has 8 heteroatoms.